The number of carbonyl (C=O) groups excluding carboxylic acids is 1. The third-order valence-corrected chi connectivity index (χ3v) is 4.90. The second-order valence-corrected chi connectivity index (χ2v) is 7.49. The fourth-order valence-electron chi connectivity index (χ4n) is 3.04. The van der Waals surface area contributed by atoms with Gasteiger partial charge in [-0.2, -0.15) is 0 Å². The second kappa shape index (κ2) is 7.44. The predicted molar refractivity (Wildman–Crippen MR) is 91.6 cm³/mol. The van der Waals surface area contributed by atoms with Crippen LogP contribution in [0.5, 0.6) is 0 Å². The van der Waals surface area contributed by atoms with Crippen molar-refractivity contribution in [3.63, 3.8) is 0 Å². The maximum atomic E-state index is 13.0. The van der Waals surface area contributed by atoms with Crippen molar-refractivity contribution in [2.75, 3.05) is 6.54 Å². The molecule has 0 aromatic heterocycles. The monoisotopic (exact) mass is 351 g/mol. The zero-order chi connectivity index (χ0) is 15.4. The summed E-state index contributed by atoms with van der Waals surface area (Å²) in [6.07, 6.45) is 5.92. The van der Waals surface area contributed by atoms with Crippen LogP contribution in [0.2, 0.25) is 0 Å². The molecule has 116 valence electrons. The zero-order valence-corrected chi connectivity index (χ0v) is 14.9. The molecule has 0 spiro atoms. The number of aryl methyl sites for hydroxylation is 1. The number of hydrogen-bond acceptors (Lipinski definition) is 1. The molecule has 0 heterocycles. The van der Waals surface area contributed by atoms with E-state index in [2.05, 4.69) is 34.7 Å². The predicted octanol–water partition coefficient (Wildman–Crippen LogP) is 5.19. The quantitative estimate of drug-likeness (QED) is 0.714. The molecule has 2 rings (SSSR count). The molecule has 1 saturated carbocycles. The Kier molecular flexibility index (Phi) is 5.86. The summed E-state index contributed by atoms with van der Waals surface area (Å²) in [6.45, 7) is 7.35. The van der Waals surface area contributed by atoms with Crippen molar-refractivity contribution in [1.82, 2.24) is 4.90 Å². The van der Waals surface area contributed by atoms with Gasteiger partial charge < -0.3 is 4.90 Å². The minimum Gasteiger partial charge on any atom is -0.336 e. The van der Waals surface area contributed by atoms with E-state index in [1.807, 2.05) is 25.1 Å². The molecule has 21 heavy (non-hydrogen) atoms. The van der Waals surface area contributed by atoms with E-state index in [9.17, 15) is 4.79 Å². The van der Waals surface area contributed by atoms with Crippen LogP contribution in [0, 0.1) is 12.8 Å². The molecule has 2 nitrogen and oxygen atoms in total. The maximum absolute atomic E-state index is 13.0. The van der Waals surface area contributed by atoms with Gasteiger partial charge in [-0.3, -0.25) is 4.79 Å². The van der Waals surface area contributed by atoms with Crippen LogP contribution in [-0.4, -0.2) is 23.4 Å². The first kappa shape index (κ1) is 16.5. The summed E-state index contributed by atoms with van der Waals surface area (Å²) in [4.78, 5) is 15.2. The van der Waals surface area contributed by atoms with E-state index in [0.29, 0.717) is 12.0 Å². The van der Waals surface area contributed by atoms with Crippen LogP contribution >= 0.6 is 15.9 Å². The Hall–Kier alpha value is -0.830. The summed E-state index contributed by atoms with van der Waals surface area (Å²) in [7, 11) is 0. The average Bonchev–Trinajstić information content (AvgIpc) is 2.95. The van der Waals surface area contributed by atoms with Crippen LogP contribution in [0.25, 0.3) is 0 Å². The lowest BCUT2D eigenvalue weighted by Gasteiger charge is -2.30. The first-order chi connectivity index (χ1) is 9.99. The van der Waals surface area contributed by atoms with Crippen molar-refractivity contribution in [3.8, 4) is 0 Å². The molecule has 1 amide bonds. The van der Waals surface area contributed by atoms with E-state index in [1.165, 1.54) is 12.8 Å². The molecule has 0 aliphatic heterocycles. The highest BCUT2D eigenvalue weighted by Crippen LogP contribution is 2.27. The Balaban J connectivity index is 2.21. The number of rotatable bonds is 5. The Labute approximate surface area is 137 Å². The van der Waals surface area contributed by atoms with Crippen LogP contribution in [0.15, 0.2) is 22.7 Å². The molecule has 0 atom stereocenters. The molecule has 1 aliphatic carbocycles. The molecule has 0 bridgehead atoms. The van der Waals surface area contributed by atoms with Gasteiger partial charge in [-0.05, 0) is 49.8 Å². The molecule has 0 radical (unpaired) electrons. The summed E-state index contributed by atoms with van der Waals surface area (Å²) in [5.74, 6) is 0.839. The summed E-state index contributed by atoms with van der Waals surface area (Å²) >= 11 is 3.49. The van der Waals surface area contributed by atoms with E-state index in [-0.39, 0.29) is 5.91 Å². The molecule has 1 aromatic rings. The highest BCUT2D eigenvalue weighted by atomic mass is 79.9. The molecule has 1 aliphatic rings. The Bertz CT molecular complexity index is 492. The summed E-state index contributed by atoms with van der Waals surface area (Å²) in [5, 5.41) is 0. The van der Waals surface area contributed by atoms with Crippen LogP contribution < -0.4 is 0 Å². The van der Waals surface area contributed by atoms with E-state index < -0.39 is 0 Å². The lowest BCUT2D eigenvalue weighted by atomic mass is 10.0. The number of halogens is 1. The Morgan fingerprint density at radius 2 is 2.00 bits per heavy atom. The first-order valence-electron chi connectivity index (χ1n) is 8.06. The van der Waals surface area contributed by atoms with Crippen molar-refractivity contribution in [2.24, 2.45) is 5.92 Å². The zero-order valence-electron chi connectivity index (χ0n) is 13.4. The number of amides is 1. The van der Waals surface area contributed by atoms with Gasteiger partial charge in [0, 0.05) is 22.6 Å². The lowest BCUT2D eigenvalue weighted by molar-refractivity contribution is 0.0671. The Morgan fingerprint density at radius 1 is 1.33 bits per heavy atom. The SMILES string of the molecule is Cc1ccc(Br)cc1C(=O)N(CCC(C)C)C1CCCC1. The van der Waals surface area contributed by atoms with Crippen molar-refractivity contribution in [3.05, 3.63) is 33.8 Å². The summed E-state index contributed by atoms with van der Waals surface area (Å²) < 4.78 is 0.978. The minimum atomic E-state index is 0.210. The van der Waals surface area contributed by atoms with E-state index in [1.54, 1.807) is 0 Å². The third kappa shape index (κ3) is 4.32. The number of nitrogens with zero attached hydrogens (tertiary/aromatic N) is 1. The van der Waals surface area contributed by atoms with Gasteiger partial charge in [0.1, 0.15) is 0 Å². The van der Waals surface area contributed by atoms with Crippen LogP contribution in [0.4, 0.5) is 0 Å². The van der Waals surface area contributed by atoms with Gasteiger partial charge >= 0.3 is 0 Å². The van der Waals surface area contributed by atoms with Gasteiger partial charge in [-0.15, -0.1) is 0 Å². The second-order valence-electron chi connectivity index (χ2n) is 6.58. The topological polar surface area (TPSA) is 20.3 Å². The third-order valence-electron chi connectivity index (χ3n) is 4.40. The van der Waals surface area contributed by atoms with Crippen molar-refractivity contribution in [1.29, 1.82) is 0 Å². The Morgan fingerprint density at radius 3 is 2.62 bits per heavy atom. The number of hydrogen-bond donors (Lipinski definition) is 0. The normalized spacial score (nSPS) is 15.7. The molecule has 1 fully saturated rings. The molecule has 1 aromatic carbocycles. The van der Waals surface area contributed by atoms with Gasteiger partial charge in [0.15, 0.2) is 0 Å². The van der Waals surface area contributed by atoms with Crippen molar-refractivity contribution in [2.45, 2.75) is 58.9 Å². The standard InChI is InChI=1S/C18H26BrNO/c1-13(2)10-11-20(16-6-4-5-7-16)18(21)17-12-15(19)9-8-14(17)3/h8-9,12-13,16H,4-7,10-11H2,1-3H3. The summed E-state index contributed by atoms with van der Waals surface area (Å²) in [6, 6.07) is 6.43. The van der Waals surface area contributed by atoms with Gasteiger partial charge in [0.2, 0.25) is 0 Å². The van der Waals surface area contributed by atoms with Gasteiger partial charge in [0.05, 0.1) is 0 Å². The molecular weight excluding hydrogens is 326 g/mol. The van der Waals surface area contributed by atoms with E-state index in [0.717, 1.165) is 41.4 Å². The molecule has 0 N–H and O–H groups in total. The van der Waals surface area contributed by atoms with Crippen LogP contribution in [-0.2, 0) is 0 Å². The van der Waals surface area contributed by atoms with E-state index in [4.69, 9.17) is 0 Å². The maximum Gasteiger partial charge on any atom is 0.254 e. The number of benzene rings is 1. The fourth-order valence-corrected chi connectivity index (χ4v) is 3.40. The molecule has 0 saturated heterocycles. The van der Waals surface area contributed by atoms with Gasteiger partial charge in [-0.1, -0.05) is 48.7 Å². The molecule has 3 heteroatoms. The molecular formula is C18H26BrNO. The lowest BCUT2D eigenvalue weighted by Crippen LogP contribution is -2.40. The fraction of sp³-hybridized carbons (Fsp3) is 0.611. The number of carbonyl (C=O) groups is 1. The van der Waals surface area contributed by atoms with E-state index >= 15 is 0 Å². The molecule has 0 unspecified atom stereocenters. The largest absolute Gasteiger partial charge is 0.336 e. The van der Waals surface area contributed by atoms with Gasteiger partial charge in [-0.25, -0.2) is 0 Å². The van der Waals surface area contributed by atoms with Crippen molar-refractivity contribution < 1.29 is 4.79 Å². The average molecular weight is 352 g/mol. The summed E-state index contributed by atoms with van der Waals surface area (Å²) in [5.41, 5.74) is 1.91. The highest BCUT2D eigenvalue weighted by Gasteiger charge is 2.28. The minimum absolute atomic E-state index is 0.210. The van der Waals surface area contributed by atoms with Gasteiger partial charge in [0.25, 0.3) is 5.91 Å². The van der Waals surface area contributed by atoms with Crippen molar-refractivity contribution >= 4 is 21.8 Å². The van der Waals surface area contributed by atoms with Crippen LogP contribution in [0.3, 0.4) is 0 Å². The first-order valence-corrected chi connectivity index (χ1v) is 8.85. The highest BCUT2D eigenvalue weighted by molar-refractivity contribution is 9.10. The smallest absolute Gasteiger partial charge is 0.254 e. The van der Waals surface area contributed by atoms with Crippen LogP contribution in [0.1, 0.15) is 61.9 Å².